The van der Waals surface area contributed by atoms with Gasteiger partial charge in [0, 0.05) is 17.9 Å². The molecule has 7 nitrogen and oxygen atoms in total. The van der Waals surface area contributed by atoms with Gasteiger partial charge in [0.1, 0.15) is 28.6 Å². The summed E-state index contributed by atoms with van der Waals surface area (Å²) in [6.07, 6.45) is 0. The number of carbonyl (C=O) groups excluding carboxylic acids is 1. The average Bonchev–Trinajstić information content (AvgIpc) is 3.36. The molecule has 0 aliphatic carbocycles. The number of esters is 1. The van der Waals surface area contributed by atoms with Crippen LogP contribution in [0.4, 0.5) is 0 Å². The molecule has 2 aromatic carbocycles. The van der Waals surface area contributed by atoms with Crippen LogP contribution in [-0.2, 0) is 16.1 Å². The predicted octanol–water partition coefficient (Wildman–Crippen LogP) is 5.09. The van der Waals surface area contributed by atoms with Gasteiger partial charge in [0.25, 0.3) is 0 Å². The van der Waals surface area contributed by atoms with Crippen LogP contribution in [0.2, 0.25) is 0 Å². The molecule has 0 unspecified atom stereocenters. The standard InChI is InChI=1S/C23H22N2O5S/c1-4-27-23(26)12-29-20-8-6-17(9-14(20)2)28-11-22-25-19(13-31-22)16-5-7-21-18(10-16)24-15(3)30-21/h5-10,13H,4,11-12H2,1-3H3. The Bertz CT molecular complexity index is 1210. The molecular weight excluding hydrogens is 416 g/mol. The van der Waals surface area contributed by atoms with E-state index in [4.69, 9.17) is 18.6 Å². The van der Waals surface area contributed by atoms with Gasteiger partial charge in [-0.15, -0.1) is 11.3 Å². The lowest BCUT2D eigenvalue weighted by Gasteiger charge is -2.10. The zero-order chi connectivity index (χ0) is 21.8. The zero-order valence-electron chi connectivity index (χ0n) is 17.5. The number of carbonyl (C=O) groups is 1. The molecule has 0 radical (unpaired) electrons. The van der Waals surface area contributed by atoms with Crippen LogP contribution in [0, 0.1) is 13.8 Å². The molecule has 8 heteroatoms. The van der Waals surface area contributed by atoms with Crippen molar-refractivity contribution in [2.24, 2.45) is 0 Å². The van der Waals surface area contributed by atoms with Crippen LogP contribution in [0.25, 0.3) is 22.4 Å². The molecule has 0 aliphatic heterocycles. The van der Waals surface area contributed by atoms with Gasteiger partial charge in [-0.3, -0.25) is 0 Å². The number of hydrogen-bond acceptors (Lipinski definition) is 8. The van der Waals surface area contributed by atoms with Gasteiger partial charge in [0.2, 0.25) is 0 Å². The minimum absolute atomic E-state index is 0.115. The van der Waals surface area contributed by atoms with E-state index in [0.29, 0.717) is 30.6 Å². The monoisotopic (exact) mass is 438 g/mol. The molecule has 2 heterocycles. The number of aromatic nitrogens is 2. The number of oxazole rings is 1. The molecule has 4 rings (SSSR count). The summed E-state index contributed by atoms with van der Waals surface area (Å²) >= 11 is 1.54. The molecule has 31 heavy (non-hydrogen) atoms. The highest BCUT2D eigenvalue weighted by atomic mass is 32.1. The lowest BCUT2D eigenvalue weighted by Crippen LogP contribution is -2.14. The van der Waals surface area contributed by atoms with E-state index < -0.39 is 0 Å². The first-order valence-corrected chi connectivity index (χ1v) is 10.7. The van der Waals surface area contributed by atoms with E-state index in [9.17, 15) is 4.79 Å². The second-order valence-electron chi connectivity index (χ2n) is 6.85. The van der Waals surface area contributed by atoms with E-state index in [1.54, 1.807) is 24.3 Å². The Hall–Kier alpha value is -3.39. The quantitative estimate of drug-likeness (QED) is 0.354. The van der Waals surface area contributed by atoms with E-state index >= 15 is 0 Å². The van der Waals surface area contributed by atoms with Crippen LogP contribution >= 0.6 is 11.3 Å². The van der Waals surface area contributed by atoms with Gasteiger partial charge < -0.3 is 18.6 Å². The first-order chi connectivity index (χ1) is 15.0. The second kappa shape index (κ2) is 9.18. The molecule has 0 spiro atoms. The Morgan fingerprint density at radius 2 is 1.97 bits per heavy atom. The van der Waals surface area contributed by atoms with Gasteiger partial charge in [-0.25, -0.2) is 14.8 Å². The fourth-order valence-corrected chi connectivity index (χ4v) is 3.78. The molecule has 0 atom stereocenters. The zero-order valence-corrected chi connectivity index (χ0v) is 18.3. The predicted molar refractivity (Wildman–Crippen MR) is 117 cm³/mol. The summed E-state index contributed by atoms with van der Waals surface area (Å²) in [7, 11) is 0. The molecule has 0 fully saturated rings. The van der Waals surface area contributed by atoms with Crippen LogP contribution in [0.5, 0.6) is 11.5 Å². The summed E-state index contributed by atoms with van der Waals surface area (Å²) in [5.74, 6) is 1.58. The number of thiazole rings is 1. The molecular formula is C23H22N2O5S. The Kier molecular flexibility index (Phi) is 6.18. The smallest absolute Gasteiger partial charge is 0.344 e. The van der Waals surface area contributed by atoms with E-state index in [0.717, 1.165) is 32.9 Å². The fourth-order valence-electron chi connectivity index (χ4n) is 3.07. The van der Waals surface area contributed by atoms with Crippen molar-refractivity contribution in [3.05, 3.63) is 58.2 Å². The van der Waals surface area contributed by atoms with Crippen molar-refractivity contribution in [1.29, 1.82) is 0 Å². The molecule has 0 aliphatic rings. The average molecular weight is 439 g/mol. The summed E-state index contributed by atoms with van der Waals surface area (Å²) in [5.41, 5.74) is 4.33. The molecule has 0 amide bonds. The molecule has 0 saturated carbocycles. The van der Waals surface area contributed by atoms with Crippen molar-refractivity contribution in [1.82, 2.24) is 9.97 Å². The number of aryl methyl sites for hydroxylation is 2. The van der Waals surface area contributed by atoms with E-state index in [-0.39, 0.29) is 12.6 Å². The summed E-state index contributed by atoms with van der Waals surface area (Å²) in [6.45, 7) is 6.07. The maximum Gasteiger partial charge on any atom is 0.344 e. The van der Waals surface area contributed by atoms with Crippen molar-refractivity contribution < 1.29 is 23.4 Å². The first kappa shape index (κ1) is 20.9. The highest BCUT2D eigenvalue weighted by molar-refractivity contribution is 7.09. The highest BCUT2D eigenvalue weighted by Crippen LogP contribution is 2.28. The van der Waals surface area contributed by atoms with Gasteiger partial charge >= 0.3 is 5.97 Å². The number of ether oxygens (including phenoxy) is 3. The Morgan fingerprint density at radius 3 is 2.77 bits per heavy atom. The van der Waals surface area contributed by atoms with Gasteiger partial charge in [0.15, 0.2) is 18.1 Å². The minimum atomic E-state index is -0.389. The molecule has 0 N–H and O–H groups in total. The van der Waals surface area contributed by atoms with Gasteiger partial charge in [-0.2, -0.15) is 0 Å². The highest BCUT2D eigenvalue weighted by Gasteiger charge is 2.10. The van der Waals surface area contributed by atoms with E-state index in [1.807, 2.05) is 49.6 Å². The summed E-state index contributed by atoms with van der Waals surface area (Å²) in [5, 5.41) is 2.87. The molecule has 0 saturated heterocycles. The van der Waals surface area contributed by atoms with Gasteiger partial charge in [-0.1, -0.05) is 0 Å². The van der Waals surface area contributed by atoms with Crippen molar-refractivity contribution >= 4 is 28.4 Å². The lowest BCUT2D eigenvalue weighted by atomic mass is 10.1. The SMILES string of the molecule is CCOC(=O)COc1ccc(OCc2nc(-c3ccc4oc(C)nc4c3)cs2)cc1C. The third-order valence-corrected chi connectivity index (χ3v) is 5.32. The van der Waals surface area contributed by atoms with Crippen LogP contribution in [0.1, 0.15) is 23.4 Å². The molecule has 2 aromatic heterocycles. The third kappa shape index (κ3) is 5.03. The maximum absolute atomic E-state index is 11.4. The largest absolute Gasteiger partial charge is 0.486 e. The first-order valence-electron chi connectivity index (χ1n) is 9.85. The lowest BCUT2D eigenvalue weighted by molar-refractivity contribution is -0.145. The number of hydrogen-bond donors (Lipinski definition) is 0. The Morgan fingerprint density at radius 1 is 1.10 bits per heavy atom. The number of nitrogens with zero attached hydrogens (tertiary/aromatic N) is 2. The van der Waals surface area contributed by atoms with Crippen molar-refractivity contribution in [3.8, 4) is 22.8 Å². The summed E-state index contributed by atoms with van der Waals surface area (Å²) in [4.78, 5) is 20.5. The maximum atomic E-state index is 11.4. The summed E-state index contributed by atoms with van der Waals surface area (Å²) < 4.78 is 21.8. The fraction of sp³-hybridized carbons (Fsp3) is 0.261. The van der Waals surface area contributed by atoms with Gasteiger partial charge in [-0.05, 0) is 55.8 Å². The van der Waals surface area contributed by atoms with Crippen LogP contribution < -0.4 is 9.47 Å². The normalized spacial score (nSPS) is 10.9. The minimum Gasteiger partial charge on any atom is -0.486 e. The molecule has 160 valence electrons. The second-order valence-corrected chi connectivity index (χ2v) is 7.79. The molecule has 0 bridgehead atoms. The number of rotatable bonds is 8. The van der Waals surface area contributed by atoms with Crippen LogP contribution in [-0.4, -0.2) is 29.2 Å². The van der Waals surface area contributed by atoms with Crippen LogP contribution in [0.15, 0.2) is 46.2 Å². The summed E-state index contributed by atoms with van der Waals surface area (Å²) in [6, 6.07) is 11.3. The topological polar surface area (TPSA) is 83.7 Å². The molecule has 4 aromatic rings. The van der Waals surface area contributed by atoms with E-state index in [1.165, 1.54) is 0 Å². The van der Waals surface area contributed by atoms with E-state index in [2.05, 4.69) is 9.97 Å². The number of benzene rings is 2. The Labute approximate surface area is 183 Å². The Balaban J connectivity index is 1.37. The van der Waals surface area contributed by atoms with Crippen molar-refractivity contribution in [2.75, 3.05) is 13.2 Å². The number of fused-ring (bicyclic) bond motifs is 1. The van der Waals surface area contributed by atoms with Crippen LogP contribution in [0.3, 0.4) is 0 Å². The van der Waals surface area contributed by atoms with Gasteiger partial charge in [0.05, 0.1) is 12.3 Å². The third-order valence-electron chi connectivity index (χ3n) is 4.50. The van der Waals surface area contributed by atoms with Crippen molar-refractivity contribution in [2.45, 2.75) is 27.4 Å². The van der Waals surface area contributed by atoms with Crippen molar-refractivity contribution in [3.63, 3.8) is 0 Å².